The minimum absolute atomic E-state index is 0.0552. The van der Waals surface area contributed by atoms with E-state index in [1.54, 1.807) is 6.33 Å². The van der Waals surface area contributed by atoms with Gasteiger partial charge in [0.15, 0.2) is 0 Å². The van der Waals surface area contributed by atoms with Gasteiger partial charge in [-0.2, -0.15) is 5.10 Å². The van der Waals surface area contributed by atoms with Gasteiger partial charge in [-0.05, 0) is 38.5 Å². The lowest BCUT2D eigenvalue weighted by Gasteiger charge is -2.24. The number of aryl methyl sites for hydroxylation is 1. The Morgan fingerprint density at radius 1 is 1.58 bits per heavy atom. The van der Waals surface area contributed by atoms with Crippen LogP contribution >= 0.6 is 0 Å². The van der Waals surface area contributed by atoms with Crippen molar-refractivity contribution in [3.8, 4) is 0 Å². The highest BCUT2D eigenvalue weighted by Crippen LogP contribution is 2.22. The predicted molar refractivity (Wildman–Crippen MR) is 73.2 cm³/mol. The van der Waals surface area contributed by atoms with E-state index < -0.39 is 0 Å². The van der Waals surface area contributed by atoms with Gasteiger partial charge in [0, 0.05) is 13.2 Å². The fraction of sp³-hybridized carbons (Fsp3) is 0.846. The number of rotatable bonds is 7. The van der Waals surface area contributed by atoms with Gasteiger partial charge in [-0.25, -0.2) is 15.1 Å². The summed E-state index contributed by atoms with van der Waals surface area (Å²) in [6.07, 6.45) is 8.62. The molecule has 0 aliphatic carbocycles. The van der Waals surface area contributed by atoms with Crippen molar-refractivity contribution in [2.75, 3.05) is 6.61 Å². The van der Waals surface area contributed by atoms with Crippen LogP contribution in [0.5, 0.6) is 0 Å². The van der Waals surface area contributed by atoms with E-state index in [1.165, 1.54) is 19.3 Å². The molecule has 108 valence electrons. The Kier molecular flexibility index (Phi) is 5.75. The monoisotopic (exact) mass is 267 g/mol. The van der Waals surface area contributed by atoms with Crippen molar-refractivity contribution >= 4 is 0 Å². The summed E-state index contributed by atoms with van der Waals surface area (Å²) in [4.78, 5) is 4.34. The Hall–Kier alpha value is -0.980. The molecular weight excluding hydrogens is 242 g/mol. The van der Waals surface area contributed by atoms with Crippen LogP contribution in [0.25, 0.3) is 0 Å². The smallest absolute Gasteiger partial charge is 0.145 e. The van der Waals surface area contributed by atoms with E-state index in [0.717, 1.165) is 38.2 Å². The third-order valence-corrected chi connectivity index (χ3v) is 3.65. The van der Waals surface area contributed by atoms with E-state index in [0.29, 0.717) is 6.10 Å². The number of aromatic nitrogens is 3. The molecule has 1 aromatic rings. The quantitative estimate of drug-likeness (QED) is 0.579. The summed E-state index contributed by atoms with van der Waals surface area (Å²) >= 11 is 0. The lowest BCUT2D eigenvalue weighted by Crippen LogP contribution is -2.32. The molecule has 0 bridgehead atoms. The molecule has 2 rings (SSSR count). The molecule has 1 saturated heterocycles. The Balaban J connectivity index is 1.89. The van der Waals surface area contributed by atoms with E-state index in [1.807, 2.05) is 4.68 Å². The van der Waals surface area contributed by atoms with Gasteiger partial charge in [0.05, 0.1) is 12.1 Å². The number of ether oxygens (including phenoxy) is 1. The maximum absolute atomic E-state index is 5.76. The molecule has 19 heavy (non-hydrogen) atoms. The Bertz CT molecular complexity index is 362. The normalized spacial score (nSPS) is 21.5. The first-order valence-corrected chi connectivity index (χ1v) is 7.30. The highest BCUT2D eigenvalue weighted by molar-refractivity contribution is 4.94. The summed E-state index contributed by atoms with van der Waals surface area (Å²) in [5.74, 6) is 6.60. The number of nitrogens with one attached hydrogen (secondary N) is 1. The van der Waals surface area contributed by atoms with Crippen LogP contribution in [-0.2, 0) is 11.3 Å². The third-order valence-electron chi connectivity index (χ3n) is 3.65. The predicted octanol–water partition coefficient (Wildman–Crippen LogP) is 1.54. The van der Waals surface area contributed by atoms with Gasteiger partial charge in [0.1, 0.15) is 12.2 Å². The molecule has 0 radical (unpaired) electrons. The van der Waals surface area contributed by atoms with Crippen molar-refractivity contribution in [2.24, 2.45) is 5.84 Å². The molecule has 1 aliphatic rings. The second-order valence-corrected chi connectivity index (χ2v) is 5.13. The van der Waals surface area contributed by atoms with Crippen LogP contribution in [0, 0.1) is 0 Å². The first kappa shape index (κ1) is 14.4. The standard InChI is InChI=1S/C13H25N5O/c1-2-8-18-13(15-10-16-18)12(17-14)7-6-11-5-3-4-9-19-11/h10-12,17H,2-9,14H2,1H3. The van der Waals surface area contributed by atoms with Gasteiger partial charge >= 0.3 is 0 Å². The van der Waals surface area contributed by atoms with E-state index in [9.17, 15) is 0 Å². The summed E-state index contributed by atoms with van der Waals surface area (Å²) in [7, 11) is 0. The molecule has 3 N–H and O–H groups in total. The largest absolute Gasteiger partial charge is 0.378 e. The molecule has 0 aromatic carbocycles. The second-order valence-electron chi connectivity index (χ2n) is 5.13. The van der Waals surface area contributed by atoms with Gasteiger partial charge in [0.25, 0.3) is 0 Å². The number of hydrazine groups is 1. The Morgan fingerprint density at radius 2 is 2.47 bits per heavy atom. The minimum atomic E-state index is 0.0552. The maximum atomic E-state index is 5.76. The Morgan fingerprint density at radius 3 is 3.16 bits per heavy atom. The van der Waals surface area contributed by atoms with Crippen molar-refractivity contribution in [3.05, 3.63) is 12.2 Å². The molecule has 2 heterocycles. The van der Waals surface area contributed by atoms with Crippen molar-refractivity contribution in [1.82, 2.24) is 20.2 Å². The van der Waals surface area contributed by atoms with Gasteiger partial charge in [-0.15, -0.1) is 0 Å². The van der Waals surface area contributed by atoms with E-state index >= 15 is 0 Å². The van der Waals surface area contributed by atoms with Crippen LogP contribution in [0.1, 0.15) is 57.3 Å². The van der Waals surface area contributed by atoms with Gasteiger partial charge in [-0.3, -0.25) is 5.84 Å². The molecule has 1 fully saturated rings. The van der Waals surface area contributed by atoms with Crippen molar-refractivity contribution in [2.45, 2.75) is 64.1 Å². The Labute approximate surface area is 114 Å². The zero-order chi connectivity index (χ0) is 13.5. The van der Waals surface area contributed by atoms with E-state index in [-0.39, 0.29) is 6.04 Å². The van der Waals surface area contributed by atoms with Gasteiger partial charge in [0.2, 0.25) is 0 Å². The first-order chi connectivity index (χ1) is 9.35. The summed E-state index contributed by atoms with van der Waals surface area (Å²) in [5.41, 5.74) is 2.86. The topological polar surface area (TPSA) is 78.0 Å². The molecule has 1 aliphatic heterocycles. The lowest BCUT2D eigenvalue weighted by molar-refractivity contribution is 0.00833. The average molecular weight is 267 g/mol. The van der Waals surface area contributed by atoms with Crippen molar-refractivity contribution in [3.63, 3.8) is 0 Å². The zero-order valence-corrected chi connectivity index (χ0v) is 11.7. The number of hydrogen-bond acceptors (Lipinski definition) is 5. The highest BCUT2D eigenvalue weighted by Gasteiger charge is 2.20. The third kappa shape index (κ3) is 3.99. The fourth-order valence-electron chi connectivity index (χ4n) is 2.60. The van der Waals surface area contributed by atoms with Crippen LogP contribution < -0.4 is 11.3 Å². The summed E-state index contributed by atoms with van der Waals surface area (Å²) in [5, 5.41) is 4.25. The van der Waals surface area contributed by atoms with Crippen molar-refractivity contribution in [1.29, 1.82) is 0 Å². The molecule has 0 amide bonds. The van der Waals surface area contributed by atoms with Gasteiger partial charge in [-0.1, -0.05) is 6.92 Å². The van der Waals surface area contributed by atoms with Crippen LogP contribution in [0.4, 0.5) is 0 Å². The summed E-state index contributed by atoms with van der Waals surface area (Å²) in [6, 6.07) is 0.0552. The number of nitrogens with zero attached hydrogens (tertiary/aromatic N) is 3. The maximum Gasteiger partial charge on any atom is 0.145 e. The number of hydrogen-bond donors (Lipinski definition) is 2. The summed E-state index contributed by atoms with van der Waals surface area (Å²) < 4.78 is 7.69. The van der Waals surface area contributed by atoms with E-state index in [2.05, 4.69) is 22.4 Å². The molecule has 1 aromatic heterocycles. The van der Waals surface area contributed by atoms with Crippen LogP contribution in [0.3, 0.4) is 0 Å². The molecule has 6 heteroatoms. The van der Waals surface area contributed by atoms with Crippen LogP contribution in [-0.4, -0.2) is 27.5 Å². The SMILES string of the molecule is CCCn1ncnc1C(CCC1CCCCO1)NN. The second kappa shape index (κ2) is 7.57. The average Bonchev–Trinajstić information content (AvgIpc) is 2.90. The molecule has 0 spiro atoms. The van der Waals surface area contributed by atoms with Crippen LogP contribution in [0.15, 0.2) is 6.33 Å². The summed E-state index contributed by atoms with van der Waals surface area (Å²) in [6.45, 7) is 3.91. The first-order valence-electron chi connectivity index (χ1n) is 7.30. The van der Waals surface area contributed by atoms with E-state index in [4.69, 9.17) is 10.6 Å². The zero-order valence-electron chi connectivity index (χ0n) is 11.7. The lowest BCUT2D eigenvalue weighted by atomic mass is 10.0. The van der Waals surface area contributed by atoms with Crippen molar-refractivity contribution < 1.29 is 4.74 Å². The van der Waals surface area contributed by atoms with Gasteiger partial charge < -0.3 is 4.74 Å². The highest BCUT2D eigenvalue weighted by atomic mass is 16.5. The molecule has 6 nitrogen and oxygen atoms in total. The molecule has 0 saturated carbocycles. The molecule has 2 atom stereocenters. The minimum Gasteiger partial charge on any atom is -0.378 e. The number of nitrogens with two attached hydrogens (primary N) is 1. The molecule has 2 unspecified atom stereocenters. The van der Waals surface area contributed by atoms with Crippen LogP contribution in [0.2, 0.25) is 0 Å². The molecular formula is C13H25N5O. The fourth-order valence-corrected chi connectivity index (χ4v) is 2.60.